The first-order chi connectivity index (χ1) is 15.2. The SMILES string of the molecule is CCOC(=O)C1CCCN(C(=O)c2ccc(OC)c(S(=O)(=O)N3CC(C)CC(C)C3)c2)C1. The number of sulfonamides is 1. The molecule has 2 aliphatic heterocycles. The second-order valence-electron chi connectivity index (χ2n) is 8.98. The molecule has 1 aromatic carbocycles. The summed E-state index contributed by atoms with van der Waals surface area (Å²) >= 11 is 0. The van der Waals surface area contributed by atoms with Gasteiger partial charge < -0.3 is 14.4 Å². The monoisotopic (exact) mass is 466 g/mol. The van der Waals surface area contributed by atoms with Gasteiger partial charge in [-0.25, -0.2) is 8.42 Å². The molecule has 9 heteroatoms. The Morgan fingerprint density at radius 3 is 2.44 bits per heavy atom. The van der Waals surface area contributed by atoms with E-state index in [-0.39, 0.29) is 52.4 Å². The fourth-order valence-corrected chi connectivity index (χ4v) is 6.61. The number of esters is 1. The molecule has 0 N–H and O–H groups in total. The summed E-state index contributed by atoms with van der Waals surface area (Å²) in [7, 11) is -2.40. The maximum absolute atomic E-state index is 13.5. The molecule has 0 radical (unpaired) electrons. The van der Waals surface area contributed by atoms with Gasteiger partial charge in [0.15, 0.2) is 0 Å². The Kier molecular flexibility index (Phi) is 7.82. The lowest BCUT2D eigenvalue weighted by Gasteiger charge is -2.34. The molecule has 2 aliphatic rings. The Labute approximate surface area is 190 Å². The highest BCUT2D eigenvalue weighted by Gasteiger charge is 2.35. The first-order valence-electron chi connectivity index (χ1n) is 11.3. The third-order valence-corrected chi connectivity index (χ3v) is 8.05. The minimum Gasteiger partial charge on any atom is -0.495 e. The van der Waals surface area contributed by atoms with Crippen molar-refractivity contribution >= 4 is 21.9 Å². The number of hydrogen-bond donors (Lipinski definition) is 0. The van der Waals surface area contributed by atoms with Crippen molar-refractivity contribution in [3.63, 3.8) is 0 Å². The van der Waals surface area contributed by atoms with Crippen molar-refractivity contribution in [3.05, 3.63) is 23.8 Å². The van der Waals surface area contributed by atoms with Crippen molar-refractivity contribution in [1.29, 1.82) is 0 Å². The fraction of sp³-hybridized carbons (Fsp3) is 0.652. The van der Waals surface area contributed by atoms with Gasteiger partial charge in [-0.3, -0.25) is 9.59 Å². The molecule has 3 unspecified atom stereocenters. The van der Waals surface area contributed by atoms with E-state index in [1.54, 1.807) is 17.9 Å². The molecule has 1 aromatic rings. The highest BCUT2D eigenvalue weighted by molar-refractivity contribution is 7.89. The number of piperidine rings is 2. The number of rotatable bonds is 6. The molecule has 0 spiro atoms. The van der Waals surface area contributed by atoms with Gasteiger partial charge in [-0.2, -0.15) is 4.31 Å². The molecule has 3 atom stereocenters. The van der Waals surface area contributed by atoms with Crippen LogP contribution in [0.15, 0.2) is 23.1 Å². The van der Waals surface area contributed by atoms with Gasteiger partial charge in [-0.1, -0.05) is 13.8 Å². The Morgan fingerprint density at radius 2 is 1.81 bits per heavy atom. The van der Waals surface area contributed by atoms with Crippen LogP contribution >= 0.6 is 0 Å². The average Bonchev–Trinajstić information content (AvgIpc) is 2.77. The molecular formula is C23H34N2O6S. The van der Waals surface area contributed by atoms with Crippen molar-refractivity contribution in [1.82, 2.24) is 9.21 Å². The molecule has 2 saturated heterocycles. The van der Waals surface area contributed by atoms with Crippen molar-refractivity contribution < 1.29 is 27.5 Å². The van der Waals surface area contributed by atoms with E-state index >= 15 is 0 Å². The second-order valence-corrected chi connectivity index (χ2v) is 10.9. The van der Waals surface area contributed by atoms with E-state index < -0.39 is 10.0 Å². The van der Waals surface area contributed by atoms with Crippen molar-refractivity contribution in [2.45, 2.75) is 44.9 Å². The molecule has 1 amide bonds. The van der Waals surface area contributed by atoms with Gasteiger partial charge >= 0.3 is 5.97 Å². The van der Waals surface area contributed by atoms with Gasteiger partial charge in [-0.05, 0) is 56.2 Å². The molecule has 0 aromatic heterocycles. The first-order valence-corrected chi connectivity index (χ1v) is 12.8. The van der Waals surface area contributed by atoms with Crippen LogP contribution in [0.4, 0.5) is 0 Å². The molecular weight excluding hydrogens is 432 g/mol. The smallest absolute Gasteiger partial charge is 0.310 e. The standard InChI is InChI=1S/C23H34N2O6S/c1-5-31-23(27)19-7-6-10-24(15-19)22(26)18-8-9-20(30-4)21(12-18)32(28,29)25-13-16(2)11-17(3)14-25/h8-9,12,16-17,19H,5-7,10-11,13-15H2,1-4H3. The zero-order chi connectivity index (χ0) is 23.5. The van der Waals surface area contributed by atoms with Gasteiger partial charge in [0, 0.05) is 31.7 Å². The van der Waals surface area contributed by atoms with Gasteiger partial charge in [0.05, 0.1) is 19.6 Å². The van der Waals surface area contributed by atoms with Gasteiger partial charge in [0.2, 0.25) is 10.0 Å². The Bertz CT molecular complexity index is 938. The van der Waals surface area contributed by atoms with Crippen LogP contribution < -0.4 is 4.74 Å². The predicted molar refractivity (Wildman–Crippen MR) is 120 cm³/mol. The maximum atomic E-state index is 13.5. The number of benzene rings is 1. The number of amides is 1. The largest absolute Gasteiger partial charge is 0.495 e. The minimum atomic E-state index is -3.83. The topological polar surface area (TPSA) is 93.2 Å². The lowest BCUT2D eigenvalue weighted by molar-refractivity contribution is -0.149. The fourth-order valence-electron chi connectivity index (χ4n) is 4.75. The van der Waals surface area contributed by atoms with Crippen LogP contribution in [-0.2, 0) is 19.6 Å². The summed E-state index contributed by atoms with van der Waals surface area (Å²) in [6.07, 6.45) is 2.36. The highest BCUT2D eigenvalue weighted by Crippen LogP contribution is 2.32. The van der Waals surface area contributed by atoms with Gasteiger partial charge in [-0.15, -0.1) is 0 Å². The van der Waals surface area contributed by atoms with E-state index in [1.807, 2.05) is 13.8 Å². The van der Waals surface area contributed by atoms with Gasteiger partial charge in [0.1, 0.15) is 10.6 Å². The third-order valence-electron chi connectivity index (χ3n) is 6.19. The quantitative estimate of drug-likeness (QED) is 0.599. The number of carbonyl (C=O) groups excluding carboxylic acids is 2. The molecule has 32 heavy (non-hydrogen) atoms. The molecule has 2 fully saturated rings. The van der Waals surface area contributed by atoms with Crippen LogP contribution in [-0.4, -0.2) is 69.4 Å². The second kappa shape index (κ2) is 10.2. The van der Waals surface area contributed by atoms with E-state index in [9.17, 15) is 18.0 Å². The lowest BCUT2D eigenvalue weighted by atomic mass is 9.94. The summed E-state index contributed by atoms with van der Waals surface area (Å²) < 4.78 is 38.9. The normalized spacial score (nSPS) is 24.8. The van der Waals surface area contributed by atoms with E-state index in [2.05, 4.69) is 0 Å². The highest BCUT2D eigenvalue weighted by atomic mass is 32.2. The number of hydrogen-bond acceptors (Lipinski definition) is 6. The van der Waals surface area contributed by atoms with Crippen LogP contribution in [0.25, 0.3) is 0 Å². The Hall–Kier alpha value is -2.13. The van der Waals surface area contributed by atoms with E-state index in [0.29, 0.717) is 39.1 Å². The average molecular weight is 467 g/mol. The number of ether oxygens (including phenoxy) is 2. The lowest BCUT2D eigenvalue weighted by Crippen LogP contribution is -2.43. The minimum absolute atomic E-state index is 0.00565. The van der Waals surface area contributed by atoms with Crippen molar-refractivity contribution in [2.75, 3.05) is 39.9 Å². The van der Waals surface area contributed by atoms with Crippen molar-refractivity contribution in [2.24, 2.45) is 17.8 Å². The third kappa shape index (κ3) is 5.26. The van der Waals surface area contributed by atoms with Crippen LogP contribution in [0.2, 0.25) is 0 Å². The van der Waals surface area contributed by atoms with Crippen molar-refractivity contribution in [3.8, 4) is 5.75 Å². The summed E-state index contributed by atoms with van der Waals surface area (Å²) in [5, 5.41) is 0. The number of likely N-dealkylation sites (tertiary alicyclic amines) is 1. The molecule has 0 saturated carbocycles. The molecule has 2 heterocycles. The summed E-state index contributed by atoms with van der Waals surface area (Å²) in [6.45, 7) is 7.83. The maximum Gasteiger partial charge on any atom is 0.310 e. The van der Waals surface area contributed by atoms with E-state index in [0.717, 1.165) is 6.42 Å². The zero-order valence-electron chi connectivity index (χ0n) is 19.4. The summed E-state index contributed by atoms with van der Waals surface area (Å²) in [5.41, 5.74) is 0.270. The van der Waals surface area contributed by atoms with E-state index in [1.165, 1.54) is 23.5 Å². The number of methoxy groups -OCH3 is 1. The number of nitrogens with zero attached hydrogens (tertiary/aromatic N) is 2. The first kappa shape index (κ1) is 24.5. The molecule has 0 aliphatic carbocycles. The summed E-state index contributed by atoms with van der Waals surface area (Å²) in [5.74, 6) is -0.203. The Balaban J connectivity index is 1.87. The molecule has 0 bridgehead atoms. The predicted octanol–water partition coefficient (Wildman–Crippen LogP) is 2.78. The molecule has 178 valence electrons. The zero-order valence-corrected chi connectivity index (χ0v) is 20.2. The van der Waals surface area contributed by atoms with Crippen LogP contribution in [0.1, 0.15) is 50.4 Å². The van der Waals surface area contributed by atoms with E-state index in [4.69, 9.17) is 9.47 Å². The van der Waals surface area contributed by atoms with Crippen LogP contribution in [0, 0.1) is 17.8 Å². The van der Waals surface area contributed by atoms with Crippen LogP contribution in [0.5, 0.6) is 5.75 Å². The van der Waals surface area contributed by atoms with Crippen LogP contribution in [0.3, 0.4) is 0 Å². The number of carbonyl (C=O) groups is 2. The van der Waals surface area contributed by atoms with Gasteiger partial charge in [0.25, 0.3) is 5.91 Å². The molecule has 8 nitrogen and oxygen atoms in total. The Morgan fingerprint density at radius 1 is 1.12 bits per heavy atom. The molecule has 3 rings (SSSR count). The summed E-state index contributed by atoms with van der Waals surface area (Å²) in [6, 6.07) is 4.52. The summed E-state index contributed by atoms with van der Waals surface area (Å²) in [4.78, 5) is 27.0.